The molecule has 0 fully saturated rings. The Hall–Kier alpha value is -1.95. The van der Waals surface area contributed by atoms with Gasteiger partial charge < -0.3 is 5.32 Å². The van der Waals surface area contributed by atoms with Gasteiger partial charge in [0.2, 0.25) is 0 Å². The second-order valence-electron chi connectivity index (χ2n) is 6.21. The predicted molar refractivity (Wildman–Crippen MR) is 85.7 cm³/mol. The van der Waals surface area contributed by atoms with Gasteiger partial charge >= 0.3 is 0 Å². The Kier molecular flexibility index (Phi) is 3.41. The summed E-state index contributed by atoms with van der Waals surface area (Å²) in [6.45, 7) is 8.67. The van der Waals surface area contributed by atoms with Gasteiger partial charge in [0.05, 0.1) is 6.04 Å². The summed E-state index contributed by atoms with van der Waals surface area (Å²) in [5, 5.41) is 9.99. The van der Waals surface area contributed by atoms with Gasteiger partial charge in [-0.1, -0.05) is 26.8 Å². The van der Waals surface area contributed by atoms with E-state index >= 15 is 0 Å². The number of aromatic nitrogens is 4. The Labute approximate surface area is 128 Å². The fourth-order valence-corrected chi connectivity index (χ4v) is 3.37. The van der Waals surface area contributed by atoms with Crippen molar-refractivity contribution in [3.05, 3.63) is 40.5 Å². The number of aryl methyl sites for hydroxylation is 1. The normalized spacial score (nSPS) is 13.5. The molecule has 3 aromatic heterocycles. The largest absolute Gasteiger partial charge is 0.362 e. The number of hydrogen-bond acceptors (Lipinski definition) is 5. The van der Waals surface area contributed by atoms with Crippen LogP contribution in [0.3, 0.4) is 0 Å². The third kappa shape index (κ3) is 2.76. The Morgan fingerprint density at radius 2 is 2.14 bits per heavy atom. The molecule has 3 rings (SSSR count). The molecular weight excluding hydrogens is 282 g/mol. The van der Waals surface area contributed by atoms with Crippen molar-refractivity contribution in [1.82, 2.24) is 19.6 Å². The number of anilines is 1. The highest BCUT2D eigenvalue weighted by Gasteiger charge is 2.28. The van der Waals surface area contributed by atoms with Gasteiger partial charge in [0, 0.05) is 16.6 Å². The van der Waals surface area contributed by atoms with Crippen LogP contribution in [0.25, 0.3) is 5.78 Å². The summed E-state index contributed by atoms with van der Waals surface area (Å²) in [6, 6.07) is 6.46. The minimum Gasteiger partial charge on any atom is -0.362 e. The van der Waals surface area contributed by atoms with E-state index in [1.54, 1.807) is 15.9 Å². The molecule has 1 atom stereocenters. The molecule has 0 saturated heterocycles. The van der Waals surface area contributed by atoms with Crippen LogP contribution < -0.4 is 5.32 Å². The summed E-state index contributed by atoms with van der Waals surface area (Å²) in [6.07, 6.45) is 1.53. The lowest BCUT2D eigenvalue weighted by Crippen LogP contribution is -2.26. The van der Waals surface area contributed by atoms with Crippen LogP contribution in [0.1, 0.15) is 37.4 Å². The molecule has 0 aliphatic heterocycles. The molecule has 6 heteroatoms. The van der Waals surface area contributed by atoms with E-state index in [0.717, 1.165) is 11.5 Å². The quantitative estimate of drug-likeness (QED) is 0.801. The molecule has 0 radical (unpaired) electrons. The Bertz CT molecular complexity index is 739. The molecule has 5 nitrogen and oxygen atoms in total. The first-order chi connectivity index (χ1) is 9.95. The lowest BCUT2D eigenvalue weighted by atomic mass is 9.86. The highest BCUT2D eigenvalue weighted by atomic mass is 32.1. The summed E-state index contributed by atoms with van der Waals surface area (Å²) in [4.78, 5) is 9.87. The van der Waals surface area contributed by atoms with Crippen LogP contribution in [0.2, 0.25) is 0 Å². The third-order valence-corrected chi connectivity index (χ3v) is 4.30. The molecule has 0 bridgehead atoms. The Morgan fingerprint density at radius 3 is 2.81 bits per heavy atom. The number of hydrogen-bond donors (Lipinski definition) is 1. The van der Waals surface area contributed by atoms with E-state index in [4.69, 9.17) is 0 Å². The van der Waals surface area contributed by atoms with Gasteiger partial charge in [0.15, 0.2) is 0 Å². The predicted octanol–water partition coefficient (Wildman–Crippen LogP) is 3.69. The summed E-state index contributed by atoms with van der Waals surface area (Å²) in [7, 11) is 0. The van der Waals surface area contributed by atoms with E-state index in [1.807, 2.05) is 13.0 Å². The van der Waals surface area contributed by atoms with Crippen molar-refractivity contribution in [2.24, 2.45) is 5.41 Å². The molecule has 0 saturated carbocycles. The maximum Gasteiger partial charge on any atom is 0.254 e. The number of fused-ring (bicyclic) bond motifs is 1. The zero-order valence-electron chi connectivity index (χ0n) is 12.7. The number of nitrogens with one attached hydrogen (secondary N) is 1. The van der Waals surface area contributed by atoms with E-state index in [0.29, 0.717) is 5.78 Å². The fraction of sp³-hybridized carbons (Fsp3) is 0.400. The van der Waals surface area contributed by atoms with Crippen molar-refractivity contribution in [2.75, 3.05) is 5.32 Å². The van der Waals surface area contributed by atoms with Crippen LogP contribution in [0.4, 0.5) is 5.82 Å². The molecule has 1 unspecified atom stereocenters. The molecule has 0 amide bonds. The molecule has 3 aromatic rings. The third-order valence-electron chi connectivity index (χ3n) is 3.37. The zero-order valence-corrected chi connectivity index (χ0v) is 13.5. The molecule has 0 aromatic carbocycles. The molecule has 1 N–H and O–H groups in total. The number of thiophene rings is 1. The molecular formula is C15H19N5S. The molecule has 3 heterocycles. The van der Waals surface area contributed by atoms with E-state index in [2.05, 4.69) is 58.7 Å². The van der Waals surface area contributed by atoms with Crippen molar-refractivity contribution >= 4 is 22.9 Å². The van der Waals surface area contributed by atoms with E-state index in [1.165, 1.54) is 11.2 Å². The van der Waals surface area contributed by atoms with Crippen LogP contribution in [-0.2, 0) is 0 Å². The van der Waals surface area contributed by atoms with Crippen LogP contribution >= 0.6 is 11.3 Å². The molecule has 0 spiro atoms. The minimum atomic E-state index is 0.0783. The Balaban J connectivity index is 2.04. The average Bonchev–Trinajstić information content (AvgIpc) is 3.04. The van der Waals surface area contributed by atoms with Gasteiger partial charge in [-0.05, 0) is 23.8 Å². The van der Waals surface area contributed by atoms with Gasteiger partial charge in [-0.2, -0.15) is 14.6 Å². The lowest BCUT2D eigenvalue weighted by Gasteiger charge is -2.31. The van der Waals surface area contributed by atoms with Crippen LogP contribution in [0, 0.1) is 12.3 Å². The molecule has 0 aliphatic carbocycles. The van der Waals surface area contributed by atoms with Gasteiger partial charge in [0.1, 0.15) is 12.1 Å². The van der Waals surface area contributed by atoms with Crippen molar-refractivity contribution in [2.45, 2.75) is 33.7 Å². The highest BCUT2D eigenvalue weighted by molar-refractivity contribution is 7.10. The van der Waals surface area contributed by atoms with Gasteiger partial charge in [0.25, 0.3) is 5.78 Å². The minimum absolute atomic E-state index is 0.0783. The standard InChI is InChI=1S/C15H19N5S/c1-10-8-12(20-14(18-10)16-9-17-20)19-13(15(2,3)4)11-6-5-7-21-11/h5-9,13,19H,1-4H3. The second kappa shape index (κ2) is 5.11. The molecule has 0 aliphatic rings. The molecule has 110 valence electrons. The van der Waals surface area contributed by atoms with E-state index in [9.17, 15) is 0 Å². The second-order valence-corrected chi connectivity index (χ2v) is 7.19. The van der Waals surface area contributed by atoms with Gasteiger partial charge in [-0.15, -0.1) is 11.3 Å². The van der Waals surface area contributed by atoms with Crippen molar-refractivity contribution < 1.29 is 0 Å². The smallest absolute Gasteiger partial charge is 0.254 e. The maximum absolute atomic E-state index is 4.38. The maximum atomic E-state index is 4.38. The Morgan fingerprint density at radius 1 is 1.33 bits per heavy atom. The van der Waals surface area contributed by atoms with Crippen LogP contribution in [-0.4, -0.2) is 19.6 Å². The van der Waals surface area contributed by atoms with Crippen LogP contribution in [0.15, 0.2) is 29.9 Å². The van der Waals surface area contributed by atoms with Gasteiger partial charge in [-0.3, -0.25) is 0 Å². The zero-order chi connectivity index (χ0) is 15.0. The average molecular weight is 301 g/mol. The SMILES string of the molecule is Cc1cc(NC(c2cccs2)C(C)(C)C)n2ncnc2n1. The fourth-order valence-electron chi connectivity index (χ4n) is 2.35. The monoisotopic (exact) mass is 301 g/mol. The topological polar surface area (TPSA) is 55.1 Å². The van der Waals surface area contributed by atoms with Crippen molar-refractivity contribution in [3.8, 4) is 0 Å². The van der Waals surface area contributed by atoms with Crippen molar-refractivity contribution in [3.63, 3.8) is 0 Å². The molecule has 21 heavy (non-hydrogen) atoms. The summed E-state index contributed by atoms with van der Waals surface area (Å²) >= 11 is 1.77. The van der Waals surface area contributed by atoms with E-state index < -0.39 is 0 Å². The first-order valence-corrected chi connectivity index (χ1v) is 7.80. The summed E-state index contributed by atoms with van der Waals surface area (Å²) in [5.41, 5.74) is 1.01. The lowest BCUT2D eigenvalue weighted by molar-refractivity contribution is 0.350. The first-order valence-electron chi connectivity index (χ1n) is 6.92. The van der Waals surface area contributed by atoms with E-state index in [-0.39, 0.29) is 11.5 Å². The highest BCUT2D eigenvalue weighted by Crippen LogP contribution is 2.37. The number of nitrogens with zero attached hydrogens (tertiary/aromatic N) is 4. The van der Waals surface area contributed by atoms with Gasteiger partial charge in [-0.25, -0.2) is 4.98 Å². The summed E-state index contributed by atoms with van der Waals surface area (Å²) in [5.74, 6) is 1.54. The first kappa shape index (κ1) is 14.0. The summed E-state index contributed by atoms with van der Waals surface area (Å²) < 4.78 is 1.75. The van der Waals surface area contributed by atoms with Crippen LogP contribution in [0.5, 0.6) is 0 Å². The number of rotatable bonds is 3. The van der Waals surface area contributed by atoms with Crippen molar-refractivity contribution in [1.29, 1.82) is 0 Å².